The van der Waals surface area contributed by atoms with E-state index in [0.29, 0.717) is 6.04 Å². The van der Waals surface area contributed by atoms with E-state index in [-0.39, 0.29) is 0 Å². The summed E-state index contributed by atoms with van der Waals surface area (Å²) < 4.78 is 2.21. The summed E-state index contributed by atoms with van der Waals surface area (Å²) >= 11 is 6.01. The minimum atomic E-state index is 0.322. The van der Waals surface area contributed by atoms with Gasteiger partial charge in [0.25, 0.3) is 0 Å². The van der Waals surface area contributed by atoms with Gasteiger partial charge in [0.15, 0.2) is 0 Å². The number of hydrogen-bond acceptors (Lipinski definition) is 1. The number of hydrogen-bond donors (Lipinski definition) is 0. The minimum Gasteiger partial charge on any atom is -0.330 e. The number of benzene rings is 2. The molecule has 1 aliphatic rings. The highest BCUT2D eigenvalue weighted by Gasteiger charge is 2.24. The van der Waals surface area contributed by atoms with Gasteiger partial charge in [0.1, 0.15) is 0 Å². The summed E-state index contributed by atoms with van der Waals surface area (Å²) in [7, 11) is 0. The molecule has 1 aromatic heterocycles. The molecule has 3 aromatic rings. The van der Waals surface area contributed by atoms with E-state index < -0.39 is 0 Å². The van der Waals surface area contributed by atoms with Crippen LogP contribution < -0.4 is 0 Å². The molecule has 2 aromatic carbocycles. The van der Waals surface area contributed by atoms with E-state index >= 15 is 0 Å². The first-order valence-electron chi connectivity index (χ1n) is 7.84. The Hall–Kier alpha value is -2.32. The van der Waals surface area contributed by atoms with Crippen molar-refractivity contribution in [2.45, 2.75) is 18.9 Å². The summed E-state index contributed by atoms with van der Waals surface area (Å²) in [5.74, 6) is 0. The van der Waals surface area contributed by atoms with Gasteiger partial charge in [-0.2, -0.15) is 0 Å². The van der Waals surface area contributed by atoms with Crippen molar-refractivity contribution in [2.75, 3.05) is 0 Å². The van der Waals surface area contributed by atoms with Gasteiger partial charge in [0, 0.05) is 17.4 Å². The van der Waals surface area contributed by atoms with Crippen molar-refractivity contribution in [3.63, 3.8) is 0 Å². The number of aromatic nitrogens is 2. The van der Waals surface area contributed by atoms with Crippen molar-refractivity contribution < 1.29 is 0 Å². The highest BCUT2D eigenvalue weighted by Crippen LogP contribution is 2.39. The molecule has 1 aliphatic carbocycles. The molecule has 4 rings (SSSR count). The maximum atomic E-state index is 6.01. The molecule has 0 spiro atoms. The Kier molecular flexibility index (Phi) is 3.76. The van der Waals surface area contributed by atoms with Crippen molar-refractivity contribution in [2.24, 2.45) is 0 Å². The lowest BCUT2D eigenvalue weighted by atomic mass is 9.83. The maximum absolute atomic E-state index is 6.01. The normalized spacial score (nSPS) is 18.8. The van der Waals surface area contributed by atoms with Crippen LogP contribution >= 0.6 is 11.6 Å². The van der Waals surface area contributed by atoms with E-state index in [1.54, 1.807) is 0 Å². The van der Waals surface area contributed by atoms with Crippen LogP contribution in [-0.4, -0.2) is 9.55 Å². The Labute approximate surface area is 141 Å². The van der Waals surface area contributed by atoms with Gasteiger partial charge < -0.3 is 4.57 Å². The van der Waals surface area contributed by atoms with Crippen molar-refractivity contribution in [1.29, 1.82) is 0 Å². The lowest BCUT2D eigenvalue weighted by Gasteiger charge is -2.29. The standard InChI is InChI=1S/C20H17ClN2/c21-17-8-5-15(6-9-17)13-19-18-4-2-1-3-16(18)7-10-20(19)23-12-11-22-14-23/h1-6,8-9,11-14,20H,7,10H2/b19-13+. The molecule has 2 nitrogen and oxygen atoms in total. The first-order chi connectivity index (χ1) is 11.3. The first kappa shape index (κ1) is 14.3. The fourth-order valence-corrected chi connectivity index (χ4v) is 3.45. The molecule has 0 fully saturated rings. The van der Waals surface area contributed by atoms with E-state index in [0.717, 1.165) is 17.9 Å². The summed E-state index contributed by atoms with van der Waals surface area (Å²) in [6.07, 6.45) is 10.3. The molecule has 0 amide bonds. The van der Waals surface area contributed by atoms with Gasteiger partial charge in [-0.15, -0.1) is 0 Å². The molecule has 3 heteroatoms. The van der Waals surface area contributed by atoms with Crippen LogP contribution in [0, 0.1) is 0 Å². The Bertz CT molecular complexity index is 832. The number of aryl methyl sites for hydroxylation is 1. The number of allylic oxidation sites excluding steroid dienone is 1. The summed E-state index contributed by atoms with van der Waals surface area (Å²) in [6, 6.07) is 17.0. The Morgan fingerprint density at radius 1 is 1.09 bits per heavy atom. The smallest absolute Gasteiger partial charge is 0.0951 e. The molecule has 23 heavy (non-hydrogen) atoms. The van der Waals surface area contributed by atoms with Gasteiger partial charge in [-0.1, -0.05) is 48.0 Å². The molecule has 114 valence electrons. The summed E-state index contributed by atoms with van der Waals surface area (Å²) in [6.45, 7) is 0. The van der Waals surface area contributed by atoms with Crippen LogP contribution in [0.5, 0.6) is 0 Å². The quantitative estimate of drug-likeness (QED) is 0.629. The summed E-state index contributed by atoms with van der Waals surface area (Å²) in [5, 5.41) is 0.766. The third-order valence-corrected chi connectivity index (χ3v) is 4.70. The molecular formula is C20H17ClN2. The van der Waals surface area contributed by atoms with Crippen molar-refractivity contribution in [3.05, 3.63) is 89.0 Å². The molecular weight excluding hydrogens is 304 g/mol. The molecule has 1 heterocycles. The zero-order chi connectivity index (χ0) is 15.6. The van der Waals surface area contributed by atoms with E-state index in [4.69, 9.17) is 11.6 Å². The Morgan fingerprint density at radius 2 is 1.91 bits per heavy atom. The number of imidazole rings is 1. The van der Waals surface area contributed by atoms with E-state index in [9.17, 15) is 0 Å². The zero-order valence-corrected chi connectivity index (χ0v) is 13.4. The topological polar surface area (TPSA) is 17.8 Å². The van der Waals surface area contributed by atoms with E-state index in [1.807, 2.05) is 30.9 Å². The molecule has 0 bridgehead atoms. The van der Waals surface area contributed by atoms with Crippen LogP contribution in [0.4, 0.5) is 0 Å². The van der Waals surface area contributed by atoms with Gasteiger partial charge in [0.05, 0.1) is 12.4 Å². The fraction of sp³-hybridized carbons (Fsp3) is 0.150. The molecule has 0 saturated carbocycles. The predicted octanol–water partition coefficient (Wildman–Crippen LogP) is 5.26. The largest absolute Gasteiger partial charge is 0.330 e. The van der Waals surface area contributed by atoms with Gasteiger partial charge in [-0.25, -0.2) is 4.98 Å². The van der Waals surface area contributed by atoms with Crippen LogP contribution in [0.25, 0.3) is 11.6 Å². The number of fused-ring (bicyclic) bond motifs is 1. The number of rotatable bonds is 2. The van der Waals surface area contributed by atoms with Gasteiger partial charge in [0.2, 0.25) is 0 Å². The minimum absolute atomic E-state index is 0.322. The second-order valence-electron chi connectivity index (χ2n) is 5.87. The average molecular weight is 321 g/mol. The van der Waals surface area contributed by atoms with Crippen LogP contribution in [0.15, 0.2) is 67.3 Å². The first-order valence-corrected chi connectivity index (χ1v) is 8.22. The van der Waals surface area contributed by atoms with Crippen LogP contribution in [0.1, 0.15) is 29.2 Å². The Morgan fingerprint density at radius 3 is 2.70 bits per heavy atom. The lowest BCUT2D eigenvalue weighted by molar-refractivity contribution is 0.558. The fourth-order valence-electron chi connectivity index (χ4n) is 3.32. The van der Waals surface area contributed by atoms with Gasteiger partial charge >= 0.3 is 0 Å². The van der Waals surface area contributed by atoms with Crippen molar-refractivity contribution in [1.82, 2.24) is 9.55 Å². The highest BCUT2D eigenvalue weighted by molar-refractivity contribution is 6.30. The highest BCUT2D eigenvalue weighted by atomic mass is 35.5. The average Bonchev–Trinajstić information content (AvgIpc) is 3.11. The molecule has 1 atom stereocenters. The molecule has 0 N–H and O–H groups in total. The predicted molar refractivity (Wildman–Crippen MR) is 95.4 cm³/mol. The SMILES string of the molecule is Clc1ccc(/C=C2\c3ccccc3CCC2n2ccnc2)cc1. The third kappa shape index (κ3) is 2.82. The van der Waals surface area contributed by atoms with Crippen molar-refractivity contribution >= 4 is 23.3 Å². The lowest BCUT2D eigenvalue weighted by Crippen LogP contribution is -2.16. The van der Waals surface area contributed by atoms with Crippen molar-refractivity contribution in [3.8, 4) is 0 Å². The molecule has 0 saturated heterocycles. The monoisotopic (exact) mass is 320 g/mol. The second kappa shape index (κ2) is 6.05. The van der Waals surface area contributed by atoms with Gasteiger partial charge in [-0.3, -0.25) is 0 Å². The van der Waals surface area contributed by atoms with Crippen LogP contribution in [0.3, 0.4) is 0 Å². The summed E-state index contributed by atoms with van der Waals surface area (Å²) in [5.41, 5.74) is 5.27. The third-order valence-electron chi connectivity index (χ3n) is 4.45. The van der Waals surface area contributed by atoms with Crippen LogP contribution in [-0.2, 0) is 6.42 Å². The van der Waals surface area contributed by atoms with E-state index in [1.165, 1.54) is 22.3 Å². The molecule has 1 unspecified atom stereocenters. The maximum Gasteiger partial charge on any atom is 0.0951 e. The van der Waals surface area contributed by atoms with Gasteiger partial charge in [-0.05, 0) is 53.3 Å². The number of halogens is 1. The summed E-state index contributed by atoms with van der Waals surface area (Å²) in [4.78, 5) is 4.22. The van der Waals surface area contributed by atoms with E-state index in [2.05, 4.69) is 52.0 Å². The molecule has 0 aliphatic heterocycles. The zero-order valence-electron chi connectivity index (χ0n) is 12.7. The number of nitrogens with zero attached hydrogens (tertiary/aromatic N) is 2. The Balaban J connectivity index is 1.84. The molecule has 0 radical (unpaired) electrons. The van der Waals surface area contributed by atoms with Crippen LogP contribution in [0.2, 0.25) is 5.02 Å². The second-order valence-corrected chi connectivity index (χ2v) is 6.31.